The standard InChI is InChI=1S/C27H24N4O2S2/c1-3-4-8-17-15-18(31-16(2)28-23-12-7-11-22(24(23)31)26(32)33)13-14-19(17)20-9-5-6-10-21(20)25-29-27(34)35-30-25/h5-7,9-15H,3-4,8H2,1-2H3,(H,32,33)(H,29,30,34). The predicted molar refractivity (Wildman–Crippen MR) is 143 cm³/mol. The van der Waals surface area contributed by atoms with Crippen molar-refractivity contribution in [2.45, 2.75) is 33.1 Å². The Morgan fingerprint density at radius 3 is 2.57 bits per heavy atom. The predicted octanol–water partition coefficient (Wildman–Crippen LogP) is 7.22. The van der Waals surface area contributed by atoms with Gasteiger partial charge in [-0.3, -0.25) is 8.94 Å². The number of para-hydroxylation sites is 1. The molecule has 176 valence electrons. The summed E-state index contributed by atoms with van der Waals surface area (Å²) in [6.45, 7) is 4.09. The number of imidazole rings is 1. The molecule has 0 saturated heterocycles. The second-order valence-electron chi connectivity index (χ2n) is 8.39. The maximum Gasteiger partial charge on any atom is 0.337 e. The molecule has 0 spiro atoms. The molecule has 2 heterocycles. The van der Waals surface area contributed by atoms with Crippen LogP contribution in [0.2, 0.25) is 0 Å². The van der Waals surface area contributed by atoms with Crippen molar-refractivity contribution in [2.24, 2.45) is 0 Å². The summed E-state index contributed by atoms with van der Waals surface area (Å²) in [7, 11) is 0. The summed E-state index contributed by atoms with van der Waals surface area (Å²) in [5, 5.41) is 9.81. The molecule has 0 unspecified atom stereocenters. The number of aromatic carboxylic acids is 1. The van der Waals surface area contributed by atoms with E-state index >= 15 is 0 Å². The topological polar surface area (TPSA) is 83.8 Å². The second kappa shape index (κ2) is 9.56. The number of benzene rings is 3. The zero-order valence-corrected chi connectivity index (χ0v) is 21.0. The average Bonchev–Trinajstić information content (AvgIpc) is 3.44. The third kappa shape index (κ3) is 4.31. The van der Waals surface area contributed by atoms with Gasteiger partial charge in [-0.2, -0.15) is 0 Å². The number of nitrogens with zero attached hydrogens (tertiary/aromatic N) is 3. The van der Waals surface area contributed by atoms with Crippen LogP contribution < -0.4 is 0 Å². The van der Waals surface area contributed by atoms with Crippen molar-refractivity contribution in [3.8, 4) is 28.2 Å². The highest BCUT2D eigenvalue weighted by Gasteiger charge is 2.19. The number of unbranched alkanes of at least 4 members (excludes halogenated alkanes) is 1. The Morgan fingerprint density at radius 2 is 1.86 bits per heavy atom. The molecule has 8 heteroatoms. The molecule has 0 atom stereocenters. The molecule has 5 rings (SSSR count). The summed E-state index contributed by atoms with van der Waals surface area (Å²) in [4.78, 5) is 21.1. The smallest absolute Gasteiger partial charge is 0.337 e. The zero-order valence-electron chi connectivity index (χ0n) is 19.4. The number of nitrogens with one attached hydrogen (secondary N) is 1. The summed E-state index contributed by atoms with van der Waals surface area (Å²) in [6, 6.07) is 19.7. The Balaban J connectivity index is 1.72. The van der Waals surface area contributed by atoms with Crippen LogP contribution in [-0.2, 0) is 6.42 Å². The molecule has 6 nitrogen and oxygen atoms in total. The van der Waals surface area contributed by atoms with Crippen molar-refractivity contribution in [1.29, 1.82) is 0 Å². The Kier molecular flexibility index (Phi) is 6.32. The van der Waals surface area contributed by atoms with Crippen molar-refractivity contribution in [3.05, 3.63) is 81.6 Å². The van der Waals surface area contributed by atoms with Crippen LogP contribution in [0.25, 0.3) is 39.2 Å². The number of hydrogen-bond acceptors (Lipinski definition) is 5. The lowest BCUT2D eigenvalue weighted by Gasteiger charge is -2.16. The van der Waals surface area contributed by atoms with Gasteiger partial charge in [-0.25, -0.2) is 14.8 Å². The molecule has 0 radical (unpaired) electrons. The van der Waals surface area contributed by atoms with Gasteiger partial charge >= 0.3 is 5.97 Å². The summed E-state index contributed by atoms with van der Waals surface area (Å²) in [5.41, 5.74) is 6.84. The number of fused-ring (bicyclic) bond motifs is 1. The number of aryl methyl sites for hydroxylation is 2. The molecule has 5 aromatic rings. The number of carboxylic acids is 1. The first kappa shape index (κ1) is 23.1. The lowest BCUT2D eigenvalue weighted by Crippen LogP contribution is -2.04. The normalized spacial score (nSPS) is 11.3. The molecule has 0 saturated carbocycles. The van der Waals surface area contributed by atoms with E-state index in [1.165, 1.54) is 17.1 Å². The van der Waals surface area contributed by atoms with Gasteiger partial charge in [-0.15, -0.1) is 0 Å². The molecular weight excluding hydrogens is 476 g/mol. The Bertz CT molecular complexity index is 1610. The summed E-state index contributed by atoms with van der Waals surface area (Å²) in [5.74, 6) is 0.552. The van der Waals surface area contributed by atoms with Crippen LogP contribution >= 0.6 is 23.8 Å². The monoisotopic (exact) mass is 500 g/mol. The molecule has 0 fully saturated rings. The van der Waals surface area contributed by atoms with Gasteiger partial charge in [0.15, 0.2) is 3.95 Å². The number of carboxylic acid groups (broad SMARTS) is 1. The highest BCUT2D eigenvalue weighted by molar-refractivity contribution is 7.73. The first-order valence-corrected chi connectivity index (χ1v) is 12.7. The fourth-order valence-electron chi connectivity index (χ4n) is 4.56. The van der Waals surface area contributed by atoms with E-state index in [0.717, 1.165) is 53.3 Å². The van der Waals surface area contributed by atoms with E-state index in [-0.39, 0.29) is 5.56 Å². The van der Waals surface area contributed by atoms with Crippen molar-refractivity contribution >= 4 is 40.8 Å². The molecule has 0 amide bonds. The van der Waals surface area contributed by atoms with E-state index in [2.05, 4.69) is 45.5 Å². The van der Waals surface area contributed by atoms with Crippen molar-refractivity contribution < 1.29 is 9.90 Å². The average molecular weight is 501 g/mol. The largest absolute Gasteiger partial charge is 0.478 e. The van der Waals surface area contributed by atoms with Crippen molar-refractivity contribution in [1.82, 2.24) is 18.9 Å². The number of aromatic amines is 1. The number of aromatic nitrogens is 4. The fraction of sp³-hybridized carbons (Fsp3) is 0.185. The molecule has 2 N–H and O–H groups in total. The van der Waals surface area contributed by atoms with Gasteiger partial charge in [0.1, 0.15) is 11.6 Å². The molecule has 0 bridgehead atoms. The minimum absolute atomic E-state index is 0.242. The van der Waals surface area contributed by atoms with Crippen LogP contribution in [0.15, 0.2) is 60.7 Å². The van der Waals surface area contributed by atoms with Crippen LogP contribution in [-0.4, -0.2) is 30.0 Å². The van der Waals surface area contributed by atoms with Gasteiger partial charge in [-0.05, 0) is 84.5 Å². The zero-order chi connectivity index (χ0) is 24.5. The molecule has 35 heavy (non-hydrogen) atoms. The van der Waals surface area contributed by atoms with Gasteiger partial charge in [0.05, 0.1) is 16.6 Å². The minimum atomic E-state index is -0.964. The van der Waals surface area contributed by atoms with E-state index in [1.807, 2.05) is 35.8 Å². The quantitative estimate of drug-likeness (QED) is 0.230. The van der Waals surface area contributed by atoms with Crippen molar-refractivity contribution in [3.63, 3.8) is 0 Å². The van der Waals surface area contributed by atoms with E-state index in [9.17, 15) is 9.90 Å². The maximum atomic E-state index is 12.0. The highest BCUT2D eigenvalue weighted by atomic mass is 32.2. The molecule has 0 aliphatic heterocycles. The third-order valence-corrected chi connectivity index (χ3v) is 7.03. The van der Waals surface area contributed by atoms with Crippen molar-refractivity contribution in [2.75, 3.05) is 0 Å². The second-order valence-corrected chi connectivity index (χ2v) is 9.83. The van der Waals surface area contributed by atoms with Crippen LogP contribution in [0.4, 0.5) is 0 Å². The molecule has 0 aliphatic rings. The number of hydrogen-bond donors (Lipinski definition) is 2. The fourth-order valence-corrected chi connectivity index (χ4v) is 5.25. The number of carbonyl (C=O) groups is 1. The van der Waals surface area contributed by atoms with E-state index in [0.29, 0.717) is 15.0 Å². The highest BCUT2D eigenvalue weighted by Crippen LogP contribution is 2.35. The Labute approximate surface area is 212 Å². The lowest BCUT2D eigenvalue weighted by molar-refractivity contribution is 0.0698. The SMILES string of the molecule is CCCCc1cc(-n2c(C)nc3cccc(C(=O)O)c32)ccc1-c1ccccc1-c1nc(=S)s[nH]1. The van der Waals surface area contributed by atoms with E-state index in [4.69, 9.17) is 12.2 Å². The van der Waals surface area contributed by atoms with E-state index in [1.54, 1.807) is 12.1 Å². The summed E-state index contributed by atoms with van der Waals surface area (Å²) in [6.07, 6.45) is 3.01. The molecular formula is C27H24N4O2S2. The molecule has 0 aliphatic carbocycles. The first-order valence-electron chi connectivity index (χ1n) is 11.5. The molecule has 3 aromatic carbocycles. The summed E-state index contributed by atoms with van der Waals surface area (Å²) >= 11 is 6.59. The number of H-pyrrole nitrogens is 1. The lowest BCUT2D eigenvalue weighted by atomic mass is 9.92. The van der Waals surface area contributed by atoms with Crippen LogP contribution in [0, 0.1) is 10.9 Å². The maximum absolute atomic E-state index is 12.0. The van der Waals surface area contributed by atoms with Gasteiger partial charge in [0, 0.05) is 11.3 Å². The Hall–Kier alpha value is -3.62. The summed E-state index contributed by atoms with van der Waals surface area (Å²) < 4.78 is 5.75. The third-order valence-electron chi connectivity index (χ3n) is 6.13. The number of rotatable bonds is 7. The first-order chi connectivity index (χ1) is 17.0. The molecule has 2 aromatic heterocycles. The van der Waals surface area contributed by atoms with Gasteiger partial charge in [0.25, 0.3) is 0 Å². The van der Waals surface area contributed by atoms with Crippen LogP contribution in [0.3, 0.4) is 0 Å². The Morgan fingerprint density at radius 1 is 1.06 bits per heavy atom. The van der Waals surface area contributed by atoms with Crippen LogP contribution in [0.5, 0.6) is 0 Å². The van der Waals surface area contributed by atoms with Gasteiger partial charge < -0.3 is 5.11 Å². The van der Waals surface area contributed by atoms with E-state index < -0.39 is 5.97 Å². The van der Waals surface area contributed by atoms with Crippen LogP contribution in [0.1, 0.15) is 41.5 Å². The van der Waals surface area contributed by atoms with Gasteiger partial charge in [-0.1, -0.05) is 49.7 Å². The van der Waals surface area contributed by atoms with Gasteiger partial charge in [0.2, 0.25) is 0 Å². The minimum Gasteiger partial charge on any atom is -0.478 e.